The van der Waals surface area contributed by atoms with E-state index in [2.05, 4.69) is 15.3 Å². The van der Waals surface area contributed by atoms with Crippen LogP contribution in [0.3, 0.4) is 0 Å². The highest BCUT2D eigenvalue weighted by atomic mass is 19.3. The van der Waals surface area contributed by atoms with Crippen molar-refractivity contribution >= 4 is 10.9 Å². The summed E-state index contributed by atoms with van der Waals surface area (Å²) in [5.74, 6) is -6.02. The van der Waals surface area contributed by atoms with Gasteiger partial charge in [0.1, 0.15) is 19.0 Å². The van der Waals surface area contributed by atoms with Gasteiger partial charge in [-0.1, -0.05) is 11.6 Å². The maximum absolute atomic E-state index is 15.8. The molecule has 202 valence electrons. The Hall–Kier alpha value is -2.76. The van der Waals surface area contributed by atoms with E-state index >= 15 is 8.78 Å². The number of benzene rings is 1. The second kappa shape index (κ2) is 11.3. The van der Waals surface area contributed by atoms with E-state index in [1.165, 1.54) is 4.90 Å². The third-order valence-corrected chi connectivity index (χ3v) is 6.67. The molecule has 11 heteroatoms. The zero-order valence-electron chi connectivity index (χ0n) is 20.8. The SMILES string of the molecule is Cc1ccc2[nH]c3c(c2c1)C[C@@H](C)N(CC(F)(F)CO)C3c1c(F)cnc(OCCNCCCF)c1F. The van der Waals surface area contributed by atoms with Crippen molar-refractivity contribution in [2.45, 2.75) is 44.7 Å². The van der Waals surface area contributed by atoms with E-state index in [9.17, 15) is 18.3 Å². The summed E-state index contributed by atoms with van der Waals surface area (Å²) in [6, 6.07) is 3.93. The molecule has 1 aliphatic rings. The summed E-state index contributed by atoms with van der Waals surface area (Å²) in [6.07, 6.45) is 1.52. The molecule has 0 amide bonds. The fourth-order valence-electron chi connectivity index (χ4n) is 4.89. The number of nitrogens with zero attached hydrogens (tertiary/aromatic N) is 2. The number of rotatable bonds is 11. The number of halogens is 5. The van der Waals surface area contributed by atoms with Gasteiger partial charge < -0.3 is 20.1 Å². The molecule has 3 heterocycles. The van der Waals surface area contributed by atoms with E-state index in [0.717, 1.165) is 28.2 Å². The quantitative estimate of drug-likeness (QED) is 0.255. The zero-order chi connectivity index (χ0) is 26.7. The van der Waals surface area contributed by atoms with Crippen LogP contribution in [0.1, 0.15) is 41.8 Å². The Morgan fingerprint density at radius 3 is 2.78 bits per heavy atom. The zero-order valence-corrected chi connectivity index (χ0v) is 20.8. The Morgan fingerprint density at radius 2 is 2.05 bits per heavy atom. The Morgan fingerprint density at radius 1 is 1.27 bits per heavy atom. The number of aliphatic hydroxyl groups excluding tert-OH is 1. The number of nitrogens with one attached hydrogen (secondary N) is 2. The van der Waals surface area contributed by atoms with Gasteiger partial charge in [0.2, 0.25) is 0 Å². The Kier molecular flexibility index (Phi) is 8.35. The molecule has 3 aromatic rings. The first kappa shape index (κ1) is 27.3. The van der Waals surface area contributed by atoms with Crippen molar-refractivity contribution in [2.24, 2.45) is 0 Å². The second-order valence-corrected chi connectivity index (χ2v) is 9.49. The van der Waals surface area contributed by atoms with Crippen molar-refractivity contribution in [3.63, 3.8) is 0 Å². The van der Waals surface area contributed by atoms with Crippen LogP contribution in [0, 0.1) is 18.6 Å². The van der Waals surface area contributed by atoms with Gasteiger partial charge in [0.05, 0.1) is 31.0 Å². The fraction of sp³-hybridized carbons (Fsp3) is 0.500. The first-order valence-electron chi connectivity index (χ1n) is 12.3. The maximum atomic E-state index is 15.8. The molecular formula is C26H31F5N4O2. The molecule has 6 nitrogen and oxygen atoms in total. The summed E-state index contributed by atoms with van der Waals surface area (Å²) >= 11 is 0. The Balaban J connectivity index is 1.77. The molecule has 3 N–H and O–H groups in total. The van der Waals surface area contributed by atoms with Crippen LogP contribution in [-0.4, -0.2) is 71.5 Å². The van der Waals surface area contributed by atoms with Gasteiger partial charge in [-0.2, -0.15) is 0 Å². The number of pyridine rings is 1. The first-order chi connectivity index (χ1) is 17.7. The summed E-state index contributed by atoms with van der Waals surface area (Å²) in [7, 11) is 0. The predicted molar refractivity (Wildman–Crippen MR) is 130 cm³/mol. The van der Waals surface area contributed by atoms with Gasteiger partial charge in [0.15, 0.2) is 5.82 Å². The lowest BCUT2D eigenvalue weighted by Crippen LogP contribution is -2.49. The Bertz CT molecular complexity index is 1240. The van der Waals surface area contributed by atoms with Crippen molar-refractivity contribution in [1.82, 2.24) is 20.2 Å². The van der Waals surface area contributed by atoms with Crippen molar-refractivity contribution in [2.75, 3.05) is 39.5 Å². The van der Waals surface area contributed by atoms with Gasteiger partial charge in [-0.3, -0.25) is 9.29 Å². The third kappa shape index (κ3) is 5.73. The number of aryl methyl sites for hydroxylation is 1. The lowest BCUT2D eigenvalue weighted by Gasteiger charge is -2.42. The van der Waals surface area contributed by atoms with E-state index in [4.69, 9.17) is 4.74 Å². The maximum Gasteiger partial charge on any atom is 0.283 e. The first-order valence-corrected chi connectivity index (χ1v) is 12.3. The molecule has 4 rings (SSSR count). The number of aliphatic hydroxyl groups is 1. The van der Waals surface area contributed by atoms with Crippen LogP contribution in [0.15, 0.2) is 24.4 Å². The van der Waals surface area contributed by atoms with Gasteiger partial charge in [-0.25, -0.2) is 22.5 Å². The van der Waals surface area contributed by atoms with E-state index < -0.39 is 60.9 Å². The molecule has 37 heavy (non-hydrogen) atoms. The van der Waals surface area contributed by atoms with Crippen LogP contribution in [0.5, 0.6) is 5.88 Å². The molecule has 0 fully saturated rings. The molecular weight excluding hydrogens is 495 g/mol. The minimum atomic E-state index is -3.49. The van der Waals surface area contributed by atoms with E-state index in [1.54, 1.807) is 6.92 Å². The highest BCUT2D eigenvalue weighted by Gasteiger charge is 2.44. The highest BCUT2D eigenvalue weighted by Crippen LogP contribution is 2.44. The molecule has 0 bridgehead atoms. The number of H-pyrrole nitrogens is 1. The second-order valence-electron chi connectivity index (χ2n) is 9.49. The third-order valence-electron chi connectivity index (χ3n) is 6.67. The molecule has 1 aromatic carbocycles. The summed E-state index contributed by atoms with van der Waals surface area (Å²) in [5.41, 5.74) is 2.48. The van der Waals surface area contributed by atoms with Gasteiger partial charge in [-0.15, -0.1) is 0 Å². The number of aromatic nitrogens is 2. The van der Waals surface area contributed by atoms with Gasteiger partial charge in [-0.05, 0) is 50.9 Å². The lowest BCUT2D eigenvalue weighted by atomic mass is 9.88. The number of fused-ring (bicyclic) bond motifs is 3. The standard InChI is InChI=1S/C26H31F5N4O2/c1-15-4-5-20-17(10-15)18-11-16(2)35(13-26(30,31)14-36)24(23(18)34-20)21-19(28)12-33-25(22(21)29)37-9-8-32-7-3-6-27/h4-5,10,12,16,24,32,34,36H,3,6-9,11,13-14H2,1-2H3/t16-,24?/m1/s1. The average molecular weight is 527 g/mol. The molecule has 1 aliphatic heterocycles. The largest absolute Gasteiger partial charge is 0.474 e. The van der Waals surface area contributed by atoms with E-state index in [-0.39, 0.29) is 13.2 Å². The van der Waals surface area contributed by atoms with Gasteiger partial charge >= 0.3 is 0 Å². The predicted octanol–water partition coefficient (Wildman–Crippen LogP) is 4.44. The topological polar surface area (TPSA) is 73.4 Å². The molecule has 0 saturated heterocycles. The number of hydrogen-bond acceptors (Lipinski definition) is 5. The monoisotopic (exact) mass is 526 g/mol. The van der Waals surface area contributed by atoms with Crippen LogP contribution < -0.4 is 10.1 Å². The number of ether oxygens (including phenoxy) is 1. The van der Waals surface area contributed by atoms with Crippen molar-refractivity contribution in [1.29, 1.82) is 0 Å². The van der Waals surface area contributed by atoms with Crippen molar-refractivity contribution in [3.8, 4) is 5.88 Å². The molecule has 2 atom stereocenters. The van der Waals surface area contributed by atoms with E-state index in [1.807, 2.05) is 25.1 Å². The smallest absolute Gasteiger partial charge is 0.283 e. The van der Waals surface area contributed by atoms with E-state index in [0.29, 0.717) is 25.1 Å². The number of aromatic amines is 1. The van der Waals surface area contributed by atoms with Crippen LogP contribution in [0.25, 0.3) is 10.9 Å². The minimum absolute atomic E-state index is 0.00837. The van der Waals surface area contributed by atoms with Crippen LogP contribution in [0.2, 0.25) is 0 Å². The highest BCUT2D eigenvalue weighted by molar-refractivity contribution is 5.86. The van der Waals surface area contributed by atoms with Gasteiger partial charge in [0, 0.05) is 29.2 Å². The average Bonchev–Trinajstić information content (AvgIpc) is 3.21. The minimum Gasteiger partial charge on any atom is -0.474 e. The Labute approximate surface area is 211 Å². The summed E-state index contributed by atoms with van der Waals surface area (Å²) in [6.45, 7) is 1.57. The molecule has 0 saturated carbocycles. The fourth-order valence-corrected chi connectivity index (χ4v) is 4.89. The summed E-state index contributed by atoms with van der Waals surface area (Å²) < 4.78 is 77.6. The molecule has 0 radical (unpaired) electrons. The van der Waals surface area contributed by atoms with Crippen LogP contribution in [0.4, 0.5) is 22.0 Å². The normalized spacial score (nSPS) is 18.4. The molecule has 0 aliphatic carbocycles. The van der Waals surface area contributed by atoms with Crippen LogP contribution in [-0.2, 0) is 6.42 Å². The number of hydrogen-bond donors (Lipinski definition) is 3. The van der Waals surface area contributed by atoms with Crippen molar-refractivity contribution in [3.05, 3.63) is 58.4 Å². The molecule has 1 unspecified atom stereocenters. The molecule has 0 spiro atoms. The summed E-state index contributed by atoms with van der Waals surface area (Å²) in [4.78, 5) is 8.25. The lowest BCUT2D eigenvalue weighted by molar-refractivity contribution is -0.0869. The number of alkyl halides is 3. The summed E-state index contributed by atoms with van der Waals surface area (Å²) in [5, 5.41) is 13.0. The van der Waals surface area contributed by atoms with Crippen molar-refractivity contribution < 1.29 is 31.8 Å². The molecule has 2 aromatic heterocycles. The van der Waals surface area contributed by atoms with Gasteiger partial charge in [0.25, 0.3) is 11.8 Å². The van der Waals surface area contributed by atoms with Crippen LogP contribution >= 0.6 is 0 Å².